The van der Waals surface area contributed by atoms with Crippen LogP contribution in [-0.2, 0) is 26.0 Å². The first kappa shape index (κ1) is 29.8. The van der Waals surface area contributed by atoms with Gasteiger partial charge in [-0.1, -0.05) is 56.8 Å². The Hall–Kier alpha value is -3.20. The van der Waals surface area contributed by atoms with Crippen LogP contribution in [0.3, 0.4) is 0 Å². The molecule has 6 rings (SSSR count). The van der Waals surface area contributed by atoms with Crippen LogP contribution in [0.1, 0.15) is 52.6 Å². The predicted octanol–water partition coefficient (Wildman–Crippen LogP) is 6.33. The summed E-state index contributed by atoms with van der Waals surface area (Å²) in [6, 6.07) is 20.7. The van der Waals surface area contributed by atoms with E-state index in [4.69, 9.17) is 14.2 Å². The molecule has 8 heteroatoms. The number of benzene rings is 3. The van der Waals surface area contributed by atoms with Crippen LogP contribution in [0.15, 0.2) is 71.6 Å². The second kappa shape index (κ2) is 12.5. The van der Waals surface area contributed by atoms with Gasteiger partial charge in [0, 0.05) is 26.4 Å². The van der Waals surface area contributed by atoms with Gasteiger partial charge in [-0.05, 0) is 79.1 Å². The SMILES string of the molecule is C.Cc1ccc(CC(=O)C2(C)CC2)cc1-c1ccc(S(=O)(=O)NC[C@@H]2CCCO2)cc1.[HH].c1ccc2c(c1)OCO2. The lowest BCUT2D eigenvalue weighted by Crippen LogP contribution is -2.31. The quantitative estimate of drug-likeness (QED) is 0.342. The fraction of sp³-hybridized carbons (Fsp3) is 0.406. The molecule has 2 aliphatic heterocycles. The average molecular weight is 568 g/mol. The Morgan fingerprint density at radius 3 is 2.30 bits per heavy atom. The molecule has 216 valence electrons. The number of ether oxygens (including phenoxy) is 3. The van der Waals surface area contributed by atoms with E-state index in [1.54, 1.807) is 12.1 Å². The maximum atomic E-state index is 12.6. The molecular formula is C32H41NO6S. The summed E-state index contributed by atoms with van der Waals surface area (Å²) in [5, 5.41) is 0. The molecule has 3 aromatic carbocycles. The highest BCUT2D eigenvalue weighted by Crippen LogP contribution is 2.46. The lowest BCUT2D eigenvalue weighted by molar-refractivity contribution is -0.122. The molecule has 7 nitrogen and oxygen atoms in total. The molecule has 0 spiro atoms. The molecule has 1 saturated heterocycles. The first-order chi connectivity index (χ1) is 18.7. The van der Waals surface area contributed by atoms with Crippen LogP contribution < -0.4 is 14.2 Å². The smallest absolute Gasteiger partial charge is 0.240 e. The Bertz CT molecular complexity index is 1410. The zero-order valence-corrected chi connectivity index (χ0v) is 23.3. The van der Waals surface area contributed by atoms with Gasteiger partial charge in [-0.2, -0.15) is 0 Å². The zero-order valence-electron chi connectivity index (χ0n) is 22.4. The molecule has 0 aromatic heterocycles. The monoisotopic (exact) mass is 567 g/mol. The second-order valence-electron chi connectivity index (χ2n) is 10.7. The normalized spacial score (nSPS) is 18.3. The number of ketones is 1. The molecular weight excluding hydrogens is 526 g/mol. The Morgan fingerprint density at radius 1 is 1.02 bits per heavy atom. The minimum absolute atomic E-state index is 0. The van der Waals surface area contributed by atoms with Crippen molar-refractivity contribution in [3.63, 3.8) is 0 Å². The largest absolute Gasteiger partial charge is 0.454 e. The van der Waals surface area contributed by atoms with Crippen molar-refractivity contribution in [2.75, 3.05) is 19.9 Å². The van der Waals surface area contributed by atoms with Crippen LogP contribution in [0, 0.1) is 12.3 Å². The van der Waals surface area contributed by atoms with Crippen LogP contribution in [0.2, 0.25) is 0 Å². The Morgan fingerprint density at radius 2 is 1.70 bits per heavy atom. The summed E-state index contributed by atoms with van der Waals surface area (Å²) in [7, 11) is -3.56. The molecule has 0 unspecified atom stereocenters. The van der Waals surface area contributed by atoms with Crippen molar-refractivity contribution in [3.05, 3.63) is 77.9 Å². The van der Waals surface area contributed by atoms with Crippen molar-refractivity contribution in [1.82, 2.24) is 4.72 Å². The van der Waals surface area contributed by atoms with E-state index in [0.717, 1.165) is 59.4 Å². The number of Topliss-reactive ketones (excluding diaryl/α,β-unsaturated/α-hetero) is 1. The minimum atomic E-state index is -3.56. The number of aryl methyl sites for hydroxylation is 1. The highest BCUT2D eigenvalue weighted by atomic mass is 32.2. The number of fused-ring (bicyclic) bond motifs is 1. The lowest BCUT2D eigenvalue weighted by Gasteiger charge is -2.13. The van der Waals surface area contributed by atoms with Gasteiger partial charge in [-0.3, -0.25) is 4.79 Å². The standard InChI is InChI=1S/C24H29NO4S.C7H6O2.CH4.H2/c1-17-5-6-18(15-23(26)24(2)11-12-24)14-22(17)19-7-9-21(10-8-19)30(27,28)25-16-20-4-3-13-29-20;1-2-4-7-6(3-1)8-5-9-7;;/h5-10,14,20,25H,3-4,11-13,15-16H2,1-2H3;1-4H,5H2;1H4;1H/t20-;;;/m0.../s1. The number of hydrogen-bond donors (Lipinski definition) is 1. The maximum Gasteiger partial charge on any atom is 0.240 e. The van der Waals surface area contributed by atoms with Crippen LogP contribution >= 0.6 is 0 Å². The van der Waals surface area contributed by atoms with Gasteiger partial charge in [-0.15, -0.1) is 0 Å². The van der Waals surface area contributed by atoms with E-state index >= 15 is 0 Å². The van der Waals surface area contributed by atoms with Crippen molar-refractivity contribution in [2.24, 2.45) is 5.41 Å². The molecule has 3 aromatic rings. The summed E-state index contributed by atoms with van der Waals surface area (Å²) >= 11 is 0. The lowest BCUT2D eigenvalue weighted by atomic mass is 9.93. The van der Waals surface area contributed by atoms with Gasteiger partial charge in [0.2, 0.25) is 16.8 Å². The fourth-order valence-corrected chi connectivity index (χ4v) is 5.77. The fourth-order valence-electron chi connectivity index (χ4n) is 4.71. The molecule has 1 saturated carbocycles. The summed E-state index contributed by atoms with van der Waals surface area (Å²) in [4.78, 5) is 12.7. The number of rotatable bonds is 8. The third-order valence-corrected chi connectivity index (χ3v) is 9.06. The second-order valence-corrected chi connectivity index (χ2v) is 12.4. The zero-order chi connectivity index (χ0) is 27.5. The van der Waals surface area contributed by atoms with Gasteiger partial charge in [-0.25, -0.2) is 13.1 Å². The number of para-hydroxylation sites is 2. The van der Waals surface area contributed by atoms with E-state index < -0.39 is 10.0 Å². The maximum absolute atomic E-state index is 12.6. The molecule has 0 bridgehead atoms. The molecule has 1 atom stereocenters. The first-order valence-electron chi connectivity index (χ1n) is 13.4. The van der Waals surface area contributed by atoms with Gasteiger partial charge in [0.15, 0.2) is 11.5 Å². The molecule has 1 N–H and O–H groups in total. The highest BCUT2D eigenvalue weighted by Gasteiger charge is 2.43. The van der Waals surface area contributed by atoms with E-state index in [9.17, 15) is 13.2 Å². The first-order valence-corrected chi connectivity index (χ1v) is 14.9. The van der Waals surface area contributed by atoms with Crippen LogP contribution in [0.25, 0.3) is 11.1 Å². The third-order valence-electron chi connectivity index (χ3n) is 7.62. The van der Waals surface area contributed by atoms with Gasteiger partial charge in [0.05, 0.1) is 11.0 Å². The average Bonchev–Trinajstić information content (AvgIpc) is 3.32. The molecule has 1 aliphatic carbocycles. The van der Waals surface area contributed by atoms with Crippen LogP contribution in [0.5, 0.6) is 11.5 Å². The Labute approximate surface area is 239 Å². The summed E-state index contributed by atoms with van der Waals surface area (Å²) in [5.74, 6) is 1.99. The van der Waals surface area contributed by atoms with Gasteiger partial charge in [0.1, 0.15) is 5.78 Å². The van der Waals surface area contributed by atoms with Gasteiger partial charge in [0.25, 0.3) is 0 Å². The summed E-state index contributed by atoms with van der Waals surface area (Å²) in [6.45, 7) is 5.43. The van der Waals surface area contributed by atoms with E-state index in [1.807, 2.05) is 62.4 Å². The Kier molecular flexibility index (Phi) is 9.33. The third kappa shape index (κ3) is 7.11. The van der Waals surface area contributed by atoms with Crippen LogP contribution in [0.4, 0.5) is 0 Å². The van der Waals surface area contributed by atoms with Gasteiger partial charge >= 0.3 is 0 Å². The van der Waals surface area contributed by atoms with Crippen molar-refractivity contribution in [1.29, 1.82) is 0 Å². The van der Waals surface area contributed by atoms with Crippen molar-refractivity contribution in [2.45, 2.75) is 64.4 Å². The number of carbonyl (C=O) groups excluding carboxylic acids is 1. The summed E-state index contributed by atoms with van der Waals surface area (Å²) in [6.07, 6.45) is 4.25. The van der Waals surface area contributed by atoms with Crippen molar-refractivity contribution in [3.8, 4) is 22.6 Å². The predicted molar refractivity (Wildman–Crippen MR) is 158 cm³/mol. The molecule has 0 amide bonds. The van der Waals surface area contributed by atoms with E-state index in [2.05, 4.69) is 10.8 Å². The van der Waals surface area contributed by atoms with E-state index in [0.29, 0.717) is 32.1 Å². The van der Waals surface area contributed by atoms with Crippen molar-refractivity contribution >= 4 is 15.8 Å². The molecule has 2 heterocycles. The molecule has 3 aliphatic rings. The van der Waals surface area contributed by atoms with Crippen LogP contribution in [-0.4, -0.2) is 40.2 Å². The summed E-state index contributed by atoms with van der Waals surface area (Å²) < 4.78 is 43.4. The number of sulfonamides is 1. The Balaban J connectivity index is 0.000000356. The highest BCUT2D eigenvalue weighted by molar-refractivity contribution is 7.89. The van der Waals surface area contributed by atoms with Gasteiger partial charge < -0.3 is 14.2 Å². The molecule has 0 radical (unpaired) electrons. The molecule has 40 heavy (non-hydrogen) atoms. The summed E-state index contributed by atoms with van der Waals surface area (Å²) in [5.41, 5.74) is 3.94. The van der Waals surface area contributed by atoms with E-state index in [-0.39, 0.29) is 25.3 Å². The van der Waals surface area contributed by atoms with E-state index in [1.165, 1.54) is 0 Å². The minimum Gasteiger partial charge on any atom is -0.454 e. The van der Waals surface area contributed by atoms with Crippen molar-refractivity contribution < 1.29 is 28.8 Å². The topological polar surface area (TPSA) is 90.9 Å². The molecule has 2 fully saturated rings. The number of hydrogen-bond acceptors (Lipinski definition) is 6. The number of nitrogens with one attached hydrogen (secondary N) is 1. The number of carbonyl (C=O) groups is 1.